The lowest BCUT2D eigenvalue weighted by atomic mass is 9.65. The number of unbranched alkanes of at least 4 members (excludes halogenated alkanes) is 3. The lowest BCUT2D eigenvalue weighted by molar-refractivity contribution is -0.757. The Bertz CT molecular complexity index is 806. The van der Waals surface area contributed by atoms with Crippen LogP contribution < -0.4 is 4.74 Å². The van der Waals surface area contributed by atoms with Crippen molar-refractivity contribution < 1.29 is 24.5 Å². The Labute approximate surface area is 191 Å². The molecule has 32 heavy (non-hydrogen) atoms. The minimum Gasteiger partial charge on any atom is -0.508 e. The molecule has 0 spiro atoms. The largest absolute Gasteiger partial charge is 0.508 e. The third-order valence-corrected chi connectivity index (χ3v) is 7.57. The molecule has 1 aromatic carbocycles. The average molecular weight is 450 g/mol. The van der Waals surface area contributed by atoms with Gasteiger partial charge in [0.05, 0.1) is 12.7 Å². The molecule has 3 atom stereocenters. The first kappa shape index (κ1) is 24.6. The summed E-state index contributed by atoms with van der Waals surface area (Å²) in [6.45, 7) is 8.88. The van der Waals surface area contributed by atoms with Gasteiger partial charge in [-0.1, -0.05) is 33.1 Å². The molecule has 0 unspecified atom stereocenters. The number of hydrogen-bond acceptors (Lipinski definition) is 6. The maximum atomic E-state index is 11.1. The number of hydrogen-bond donors (Lipinski definition) is 1. The highest BCUT2D eigenvalue weighted by Gasteiger charge is 2.48. The van der Waals surface area contributed by atoms with E-state index in [1.807, 2.05) is 6.07 Å². The van der Waals surface area contributed by atoms with E-state index < -0.39 is 5.09 Å². The Morgan fingerprint density at radius 2 is 1.94 bits per heavy atom. The van der Waals surface area contributed by atoms with Crippen molar-refractivity contribution in [3.8, 4) is 11.5 Å². The van der Waals surface area contributed by atoms with E-state index in [9.17, 15) is 15.2 Å². The first-order valence-corrected chi connectivity index (χ1v) is 11.9. The van der Waals surface area contributed by atoms with Gasteiger partial charge < -0.3 is 19.4 Å². The predicted octanol–water partition coefficient (Wildman–Crippen LogP) is 5.90. The summed E-state index contributed by atoms with van der Waals surface area (Å²) in [6.07, 6.45) is 7.77. The number of benzene rings is 1. The average Bonchev–Trinajstić information content (AvgIpc) is 2.71. The van der Waals surface area contributed by atoms with Crippen LogP contribution in [-0.4, -0.2) is 35.6 Å². The van der Waals surface area contributed by atoms with Gasteiger partial charge in [-0.05, 0) is 69.1 Å². The number of fused-ring (bicyclic) bond motifs is 3. The summed E-state index contributed by atoms with van der Waals surface area (Å²) in [5, 5.41) is 20.6. The smallest absolute Gasteiger partial charge is 0.294 e. The molecule has 1 saturated carbocycles. The minimum absolute atomic E-state index is 0.115. The molecule has 7 heteroatoms. The molecule has 0 saturated heterocycles. The van der Waals surface area contributed by atoms with Crippen molar-refractivity contribution in [2.75, 3.05) is 13.7 Å². The van der Waals surface area contributed by atoms with Crippen molar-refractivity contribution in [1.82, 2.24) is 0 Å². The third-order valence-electron chi connectivity index (χ3n) is 7.57. The van der Waals surface area contributed by atoms with Crippen molar-refractivity contribution in [2.45, 2.75) is 102 Å². The summed E-state index contributed by atoms with van der Waals surface area (Å²) in [7, 11) is 1.78. The number of nitrogens with zero attached hydrogens (tertiary/aromatic N) is 1. The highest BCUT2D eigenvalue weighted by Crippen LogP contribution is 2.55. The third kappa shape index (κ3) is 5.48. The fraction of sp³-hybridized carbons (Fsp3) is 0.760. The van der Waals surface area contributed by atoms with Crippen LogP contribution in [0.5, 0.6) is 11.5 Å². The number of phenolic OH excluding ortho intramolecular Hbond substituents is 1. The van der Waals surface area contributed by atoms with Gasteiger partial charge >= 0.3 is 0 Å². The quantitative estimate of drug-likeness (QED) is 0.272. The molecule has 0 bridgehead atoms. The first-order valence-electron chi connectivity index (χ1n) is 11.9. The summed E-state index contributed by atoms with van der Waals surface area (Å²) in [6, 6.07) is 4.06. The molecule has 3 rings (SSSR count). The van der Waals surface area contributed by atoms with E-state index in [4.69, 9.17) is 9.47 Å². The summed E-state index contributed by atoms with van der Waals surface area (Å²) in [5.41, 5.74) is 1.63. The molecule has 0 amide bonds. The maximum Gasteiger partial charge on any atom is 0.294 e. The van der Waals surface area contributed by atoms with Crippen molar-refractivity contribution in [3.05, 3.63) is 33.4 Å². The lowest BCUT2D eigenvalue weighted by Gasteiger charge is -2.49. The minimum atomic E-state index is -0.736. The second-order valence-electron chi connectivity index (χ2n) is 10.6. The first-order chi connectivity index (χ1) is 15.0. The summed E-state index contributed by atoms with van der Waals surface area (Å²) >= 11 is 0. The van der Waals surface area contributed by atoms with Crippen LogP contribution in [0.1, 0.15) is 96.1 Å². The zero-order chi connectivity index (χ0) is 23.5. The number of phenols is 1. The summed E-state index contributed by atoms with van der Waals surface area (Å²) < 4.78 is 12.2. The number of aromatic hydroxyl groups is 1. The van der Waals surface area contributed by atoms with Crippen LogP contribution in [0.25, 0.3) is 0 Å². The van der Waals surface area contributed by atoms with E-state index in [0.717, 1.165) is 61.8 Å². The Kier molecular flexibility index (Phi) is 7.58. The molecule has 180 valence electrons. The Morgan fingerprint density at radius 1 is 1.22 bits per heavy atom. The van der Waals surface area contributed by atoms with Crippen molar-refractivity contribution in [3.63, 3.8) is 0 Å². The van der Waals surface area contributed by atoms with E-state index in [-0.39, 0.29) is 29.6 Å². The summed E-state index contributed by atoms with van der Waals surface area (Å²) in [5.74, 6) is 1.76. The molecule has 1 aromatic rings. The zero-order valence-electron chi connectivity index (χ0n) is 20.2. The molecule has 0 aromatic heterocycles. The van der Waals surface area contributed by atoms with E-state index in [1.54, 1.807) is 7.11 Å². The predicted molar refractivity (Wildman–Crippen MR) is 123 cm³/mol. The Balaban J connectivity index is 1.70. The van der Waals surface area contributed by atoms with Gasteiger partial charge in [0.2, 0.25) is 0 Å². The van der Waals surface area contributed by atoms with Crippen LogP contribution in [0.2, 0.25) is 0 Å². The van der Waals surface area contributed by atoms with E-state index in [0.29, 0.717) is 18.1 Å². The van der Waals surface area contributed by atoms with Gasteiger partial charge in [-0.2, -0.15) is 0 Å². The van der Waals surface area contributed by atoms with E-state index >= 15 is 0 Å². The fourth-order valence-corrected chi connectivity index (χ4v) is 5.62. The highest BCUT2D eigenvalue weighted by molar-refractivity contribution is 5.53. The van der Waals surface area contributed by atoms with Crippen LogP contribution in [-0.2, 0) is 15.0 Å². The van der Waals surface area contributed by atoms with Crippen LogP contribution >= 0.6 is 0 Å². The number of ether oxygens (including phenoxy) is 2. The fourth-order valence-electron chi connectivity index (χ4n) is 5.62. The van der Waals surface area contributed by atoms with Gasteiger partial charge in [-0.3, -0.25) is 0 Å². The molecule has 1 aliphatic heterocycles. The molecule has 0 radical (unpaired) electrons. The normalized spacial score (nSPS) is 24.2. The van der Waals surface area contributed by atoms with Gasteiger partial charge in [-0.15, -0.1) is 10.1 Å². The zero-order valence-corrected chi connectivity index (χ0v) is 20.2. The van der Waals surface area contributed by atoms with Crippen LogP contribution in [0.4, 0.5) is 0 Å². The molecule has 1 heterocycles. The van der Waals surface area contributed by atoms with E-state index in [2.05, 4.69) is 38.6 Å². The Hall–Kier alpha value is -2.02. The second-order valence-corrected chi connectivity index (χ2v) is 10.6. The van der Waals surface area contributed by atoms with Crippen molar-refractivity contribution in [1.29, 1.82) is 0 Å². The molecule has 1 N–H and O–H groups in total. The standard InChI is InChI=1S/C25H39NO6/c1-24(2,12-8-6-7-9-13-31-26(28)29)17-14-21(27)23-19-16-18(30-5)10-11-20(19)25(3,4)32-22(23)15-17/h14-15,18-20,27H,6-13,16H2,1-5H3/t18-,19-,20-/m1/s1. The molecule has 1 fully saturated rings. The second kappa shape index (κ2) is 9.86. The molecular formula is C25H39NO6. The Morgan fingerprint density at radius 3 is 2.62 bits per heavy atom. The monoisotopic (exact) mass is 449 g/mol. The molecular weight excluding hydrogens is 410 g/mol. The van der Waals surface area contributed by atoms with Crippen LogP contribution in [0.15, 0.2) is 12.1 Å². The van der Waals surface area contributed by atoms with Crippen LogP contribution in [0, 0.1) is 16.0 Å². The highest BCUT2D eigenvalue weighted by atomic mass is 16.9. The van der Waals surface area contributed by atoms with Gasteiger partial charge in [0.25, 0.3) is 5.09 Å². The number of rotatable bonds is 10. The van der Waals surface area contributed by atoms with Gasteiger partial charge in [-0.25, -0.2) is 0 Å². The molecule has 7 nitrogen and oxygen atoms in total. The maximum absolute atomic E-state index is 11.1. The van der Waals surface area contributed by atoms with Gasteiger partial charge in [0.15, 0.2) is 0 Å². The molecule has 2 aliphatic rings. The van der Waals surface area contributed by atoms with Gasteiger partial charge in [0.1, 0.15) is 17.1 Å². The van der Waals surface area contributed by atoms with Crippen molar-refractivity contribution in [2.24, 2.45) is 5.92 Å². The SMILES string of the molecule is CO[C@@H]1CC[C@@H]2[C@@H](C1)c1c(O)cc(C(C)(C)CCCCCCO[N+](=O)[O-])cc1OC2(C)C. The van der Waals surface area contributed by atoms with Crippen molar-refractivity contribution >= 4 is 0 Å². The van der Waals surface area contributed by atoms with Gasteiger partial charge in [0, 0.05) is 24.5 Å². The number of methoxy groups -OCH3 is 1. The lowest BCUT2D eigenvalue weighted by Crippen LogP contribution is -2.47. The molecule has 1 aliphatic carbocycles. The summed E-state index contributed by atoms with van der Waals surface area (Å²) in [4.78, 5) is 14.6. The van der Waals surface area contributed by atoms with Crippen LogP contribution in [0.3, 0.4) is 0 Å². The topological polar surface area (TPSA) is 91.1 Å². The van der Waals surface area contributed by atoms with E-state index in [1.165, 1.54) is 0 Å².